The van der Waals surface area contributed by atoms with E-state index < -0.39 is 12.1 Å². The number of carboxylic acids is 1. The van der Waals surface area contributed by atoms with Crippen LogP contribution in [0.4, 0.5) is 0 Å². The Balaban J connectivity index is 3.21. The SMILES string of the molecule is CC(O)CCCCCC(O)C(=O)O. The topological polar surface area (TPSA) is 77.8 Å². The summed E-state index contributed by atoms with van der Waals surface area (Å²) in [6.07, 6.45) is 1.95. The molecule has 0 radical (unpaired) electrons. The molecule has 4 nitrogen and oxygen atoms in total. The molecule has 0 heterocycles. The summed E-state index contributed by atoms with van der Waals surface area (Å²) in [5, 5.41) is 26.1. The molecule has 0 aromatic heterocycles. The summed E-state index contributed by atoms with van der Waals surface area (Å²) in [6.45, 7) is 1.73. The molecule has 0 aromatic rings. The fourth-order valence-electron chi connectivity index (χ4n) is 1.08. The number of aliphatic carboxylic acids is 1. The first kappa shape index (κ1) is 12.4. The Kier molecular flexibility index (Phi) is 6.54. The standard InChI is InChI=1S/C9H18O4/c1-7(10)5-3-2-4-6-8(11)9(12)13/h7-8,10-11H,2-6H2,1H3,(H,12,13). The molecule has 78 valence electrons. The van der Waals surface area contributed by atoms with Crippen LogP contribution >= 0.6 is 0 Å². The Bertz CT molecular complexity index is 145. The van der Waals surface area contributed by atoms with E-state index in [1.807, 2.05) is 0 Å². The van der Waals surface area contributed by atoms with Crippen LogP contribution in [-0.4, -0.2) is 33.5 Å². The summed E-state index contributed by atoms with van der Waals surface area (Å²) < 4.78 is 0. The van der Waals surface area contributed by atoms with Gasteiger partial charge in [0, 0.05) is 0 Å². The highest BCUT2D eigenvalue weighted by molar-refractivity contribution is 5.71. The second kappa shape index (κ2) is 6.86. The fraction of sp³-hybridized carbons (Fsp3) is 0.889. The third-order valence-corrected chi connectivity index (χ3v) is 1.88. The maximum atomic E-state index is 10.2. The Hall–Kier alpha value is -0.610. The van der Waals surface area contributed by atoms with E-state index in [-0.39, 0.29) is 6.10 Å². The van der Waals surface area contributed by atoms with E-state index in [4.69, 9.17) is 15.3 Å². The lowest BCUT2D eigenvalue weighted by Crippen LogP contribution is -2.18. The summed E-state index contributed by atoms with van der Waals surface area (Å²) in [5.74, 6) is -1.16. The molecule has 0 aromatic carbocycles. The van der Waals surface area contributed by atoms with Gasteiger partial charge in [-0.3, -0.25) is 0 Å². The lowest BCUT2D eigenvalue weighted by Gasteiger charge is -2.05. The summed E-state index contributed by atoms with van der Waals surface area (Å²) in [4.78, 5) is 10.2. The quantitative estimate of drug-likeness (QED) is 0.518. The number of aliphatic hydroxyl groups is 2. The van der Waals surface area contributed by atoms with E-state index in [0.717, 1.165) is 19.3 Å². The largest absolute Gasteiger partial charge is 0.479 e. The van der Waals surface area contributed by atoms with E-state index in [0.29, 0.717) is 12.8 Å². The van der Waals surface area contributed by atoms with Crippen molar-refractivity contribution in [2.75, 3.05) is 0 Å². The highest BCUT2D eigenvalue weighted by atomic mass is 16.4. The predicted molar refractivity (Wildman–Crippen MR) is 48.4 cm³/mol. The second-order valence-electron chi connectivity index (χ2n) is 3.34. The van der Waals surface area contributed by atoms with Gasteiger partial charge in [-0.2, -0.15) is 0 Å². The molecule has 0 saturated heterocycles. The highest BCUT2D eigenvalue weighted by Crippen LogP contribution is 2.07. The van der Waals surface area contributed by atoms with E-state index in [2.05, 4.69) is 0 Å². The zero-order valence-corrected chi connectivity index (χ0v) is 7.94. The van der Waals surface area contributed by atoms with Crippen molar-refractivity contribution in [3.05, 3.63) is 0 Å². The molecule has 0 amide bonds. The van der Waals surface area contributed by atoms with Crippen molar-refractivity contribution in [2.24, 2.45) is 0 Å². The first-order valence-electron chi connectivity index (χ1n) is 4.63. The van der Waals surface area contributed by atoms with Crippen LogP contribution in [0.15, 0.2) is 0 Å². The lowest BCUT2D eigenvalue weighted by atomic mass is 10.1. The minimum Gasteiger partial charge on any atom is -0.479 e. The Morgan fingerprint density at radius 1 is 1.15 bits per heavy atom. The zero-order chi connectivity index (χ0) is 10.3. The molecular formula is C9H18O4. The van der Waals surface area contributed by atoms with Gasteiger partial charge in [-0.15, -0.1) is 0 Å². The number of aliphatic hydroxyl groups excluding tert-OH is 2. The van der Waals surface area contributed by atoms with Gasteiger partial charge in [-0.1, -0.05) is 19.3 Å². The van der Waals surface area contributed by atoms with Crippen molar-refractivity contribution in [1.82, 2.24) is 0 Å². The van der Waals surface area contributed by atoms with E-state index in [1.54, 1.807) is 6.92 Å². The van der Waals surface area contributed by atoms with Gasteiger partial charge in [0.25, 0.3) is 0 Å². The third kappa shape index (κ3) is 7.74. The summed E-state index contributed by atoms with van der Waals surface area (Å²) >= 11 is 0. The molecule has 2 unspecified atom stereocenters. The van der Waals surface area contributed by atoms with Gasteiger partial charge in [0.2, 0.25) is 0 Å². The van der Waals surface area contributed by atoms with Crippen LogP contribution in [0.2, 0.25) is 0 Å². The third-order valence-electron chi connectivity index (χ3n) is 1.88. The summed E-state index contributed by atoms with van der Waals surface area (Å²) in [7, 11) is 0. The smallest absolute Gasteiger partial charge is 0.332 e. The Labute approximate surface area is 78.2 Å². The van der Waals surface area contributed by atoms with Crippen LogP contribution in [0, 0.1) is 0 Å². The fourth-order valence-corrected chi connectivity index (χ4v) is 1.08. The number of carbonyl (C=O) groups is 1. The van der Waals surface area contributed by atoms with Crippen LogP contribution in [0.25, 0.3) is 0 Å². The normalized spacial score (nSPS) is 15.3. The van der Waals surface area contributed by atoms with Crippen molar-refractivity contribution in [1.29, 1.82) is 0 Å². The zero-order valence-electron chi connectivity index (χ0n) is 7.94. The van der Waals surface area contributed by atoms with Crippen molar-refractivity contribution < 1.29 is 20.1 Å². The van der Waals surface area contributed by atoms with Crippen LogP contribution in [-0.2, 0) is 4.79 Å². The molecule has 13 heavy (non-hydrogen) atoms. The second-order valence-corrected chi connectivity index (χ2v) is 3.34. The molecule has 3 N–H and O–H groups in total. The first-order chi connectivity index (χ1) is 6.04. The molecule has 0 rings (SSSR count). The van der Waals surface area contributed by atoms with Crippen LogP contribution < -0.4 is 0 Å². The van der Waals surface area contributed by atoms with Crippen molar-refractivity contribution >= 4 is 5.97 Å². The van der Waals surface area contributed by atoms with E-state index in [1.165, 1.54) is 0 Å². The number of hydrogen-bond acceptors (Lipinski definition) is 3. The number of unbranched alkanes of at least 4 members (excludes halogenated alkanes) is 2. The average molecular weight is 190 g/mol. The van der Waals surface area contributed by atoms with Crippen molar-refractivity contribution in [3.63, 3.8) is 0 Å². The minimum absolute atomic E-state index is 0.288. The first-order valence-corrected chi connectivity index (χ1v) is 4.63. The van der Waals surface area contributed by atoms with Crippen LogP contribution in [0.3, 0.4) is 0 Å². The molecule has 0 saturated carbocycles. The van der Waals surface area contributed by atoms with Gasteiger partial charge in [-0.25, -0.2) is 4.79 Å². The molecule has 0 aliphatic rings. The molecule has 0 aliphatic carbocycles. The summed E-state index contributed by atoms with van der Waals surface area (Å²) in [5.41, 5.74) is 0. The van der Waals surface area contributed by atoms with Crippen molar-refractivity contribution in [3.8, 4) is 0 Å². The molecule has 2 atom stereocenters. The Morgan fingerprint density at radius 3 is 2.15 bits per heavy atom. The monoisotopic (exact) mass is 190 g/mol. The minimum atomic E-state index is -1.23. The maximum Gasteiger partial charge on any atom is 0.332 e. The predicted octanol–water partition coefficient (Wildman–Crippen LogP) is 0.763. The average Bonchev–Trinajstić information content (AvgIpc) is 2.02. The van der Waals surface area contributed by atoms with Crippen LogP contribution in [0.5, 0.6) is 0 Å². The van der Waals surface area contributed by atoms with E-state index >= 15 is 0 Å². The van der Waals surface area contributed by atoms with Gasteiger partial charge in [0.05, 0.1) is 6.10 Å². The molecular weight excluding hydrogens is 172 g/mol. The maximum absolute atomic E-state index is 10.2. The Morgan fingerprint density at radius 2 is 1.69 bits per heavy atom. The number of rotatable bonds is 7. The van der Waals surface area contributed by atoms with Gasteiger partial charge >= 0.3 is 5.97 Å². The number of carboxylic acid groups (broad SMARTS) is 1. The highest BCUT2D eigenvalue weighted by Gasteiger charge is 2.11. The molecule has 0 fully saturated rings. The molecule has 0 spiro atoms. The summed E-state index contributed by atoms with van der Waals surface area (Å²) in [6, 6.07) is 0. The molecule has 0 bridgehead atoms. The van der Waals surface area contributed by atoms with Gasteiger partial charge in [-0.05, 0) is 19.8 Å². The van der Waals surface area contributed by atoms with Crippen molar-refractivity contribution in [2.45, 2.75) is 51.2 Å². The van der Waals surface area contributed by atoms with E-state index in [9.17, 15) is 4.79 Å². The van der Waals surface area contributed by atoms with Gasteiger partial charge in [0.1, 0.15) is 0 Å². The van der Waals surface area contributed by atoms with Gasteiger partial charge < -0.3 is 15.3 Å². The molecule has 4 heteroatoms. The van der Waals surface area contributed by atoms with Crippen LogP contribution in [0.1, 0.15) is 39.0 Å². The molecule has 0 aliphatic heterocycles. The number of hydrogen-bond donors (Lipinski definition) is 3. The van der Waals surface area contributed by atoms with Gasteiger partial charge in [0.15, 0.2) is 6.10 Å². The lowest BCUT2D eigenvalue weighted by molar-refractivity contribution is -0.146.